The molecule has 2 aromatic heterocycles. The Morgan fingerprint density at radius 3 is 2.51 bits per heavy atom. The van der Waals surface area contributed by atoms with Crippen molar-refractivity contribution in [2.75, 3.05) is 26.3 Å². The zero-order valence-electron chi connectivity index (χ0n) is 29.1. The van der Waals surface area contributed by atoms with Gasteiger partial charge in [-0.15, -0.1) is 0 Å². The summed E-state index contributed by atoms with van der Waals surface area (Å²) in [6.07, 6.45) is 7.25. The Hall–Kier alpha value is -4.14. The van der Waals surface area contributed by atoms with Crippen molar-refractivity contribution in [3.8, 4) is 11.6 Å². The fourth-order valence-corrected chi connectivity index (χ4v) is 6.74. The summed E-state index contributed by atoms with van der Waals surface area (Å²) in [6, 6.07) is 12.5. The first-order valence-corrected chi connectivity index (χ1v) is 17.1. The summed E-state index contributed by atoms with van der Waals surface area (Å²) in [5.41, 5.74) is 6.75. The van der Waals surface area contributed by atoms with Crippen molar-refractivity contribution in [1.29, 1.82) is 0 Å². The van der Waals surface area contributed by atoms with Crippen molar-refractivity contribution in [3.63, 3.8) is 0 Å². The smallest absolute Gasteiger partial charge is 0.410 e. The summed E-state index contributed by atoms with van der Waals surface area (Å²) in [6.45, 7) is 16.1. The van der Waals surface area contributed by atoms with E-state index in [2.05, 4.69) is 43.2 Å². The third-order valence-electron chi connectivity index (χ3n) is 9.29. The molecular weight excluding hydrogens is 592 g/mol. The number of hydrogen-bond acceptors (Lipinski definition) is 7. The minimum Gasteiger partial charge on any atom is -0.489 e. The first-order valence-electron chi connectivity index (χ1n) is 17.1. The second-order valence-electron chi connectivity index (χ2n) is 13.7. The Morgan fingerprint density at radius 2 is 1.81 bits per heavy atom. The van der Waals surface area contributed by atoms with E-state index in [9.17, 15) is 9.59 Å². The van der Waals surface area contributed by atoms with Gasteiger partial charge in [-0.25, -0.2) is 19.3 Å². The molecule has 1 unspecified atom stereocenters. The highest BCUT2D eigenvalue weighted by molar-refractivity contribution is 5.90. The number of esters is 1. The number of amides is 1. The molecule has 1 amide bonds. The molecular formula is C38H50N4O5. The lowest BCUT2D eigenvalue weighted by atomic mass is 9.82. The lowest BCUT2D eigenvalue weighted by molar-refractivity contribution is 0.0204. The van der Waals surface area contributed by atoms with Crippen molar-refractivity contribution < 1.29 is 23.8 Å². The van der Waals surface area contributed by atoms with Gasteiger partial charge in [-0.1, -0.05) is 26.0 Å². The maximum atomic E-state index is 12.6. The van der Waals surface area contributed by atoms with Crippen LogP contribution in [0.3, 0.4) is 0 Å². The van der Waals surface area contributed by atoms with Crippen LogP contribution in [0.4, 0.5) is 4.79 Å². The summed E-state index contributed by atoms with van der Waals surface area (Å²) in [4.78, 5) is 31.8. The number of piperidine rings is 1. The standard InChI is InChI=1S/C38H50N4O5/c1-8-27-22-29(16-17-30(27)28-18-20-41(21-19-28)37(44)47-38(5,6)7)46-24-33-25(3)12-10-13-31(33)34-14-11-15-35(40-34)42-26(4)32(23-39-42)36(43)45-9-2/h11,14-17,22-23,25,28H,8-10,12-13,18-21,24H2,1-7H3. The summed E-state index contributed by atoms with van der Waals surface area (Å²) in [5.74, 6) is 1.96. The van der Waals surface area contributed by atoms with Crippen LogP contribution in [0.25, 0.3) is 11.4 Å². The van der Waals surface area contributed by atoms with Crippen LogP contribution in [0.1, 0.15) is 112 Å². The van der Waals surface area contributed by atoms with Crippen molar-refractivity contribution in [2.45, 2.75) is 98.5 Å². The molecule has 0 bridgehead atoms. The number of allylic oxidation sites excluding steroid dienone is 1. The number of carbonyl (C=O) groups is 2. The molecule has 1 aliphatic carbocycles. The Balaban J connectivity index is 1.31. The van der Waals surface area contributed by atoms with E-state index in [-0.39, 0.29) is 12.1 Å². The molecule has 1 aliphatic heterocycles. The van der Waals surface area contributed by atoms with Gasteiger partial charge in [0.1, 0.15) is 23.5 Å². The first-order chi connectivity index (χ1) is 22.5. The Labute approximate surface area is 279 Å². The molecule has 47 heavy (non-hydrogen) atoms. The molecule has 9 nitrogen and oxygen atoms in total. The molecule has 5 rings (SSSR count). The zero-order valence-corrected chi connectivity index (χ0v) is 29.1. The molecule has 3 heterocycles. The highest BCUT2D eigenvalue weighted by Crippen LogP contribution is 2.37. The maximum Gasteiger partial charge on any atom is 0.410 e. The molecule has 252 valence electrons. The van der Waals surface area contributed by atoms with Crippen molar-refractivity contribution in [3.05, 3.63) is 76.2 Å². The van der Waals surface area contributed by atoms with Gasteiger partial charge in [0.25, 0.3) is 0 Å². The molecule has 3 aromatic rings. The number of aromatic nitrogens is 3. The van der Waals surface area contributed by atoms with E-state index in [0.717, 1.165) is 50.0 Å². The Bertz CT molecular complexity index is 1610. The van der Waals surface area contributed by atoms with Gasteiger partial charge >= 0.3 is 12.1 Å². The van der Waals surface area contributed by atoms with E-state index in [1.807, 2.05) is 44.7 Å². The van der Waals surface area contributed by atoms with Crippen LogP contribution in [0.5, 0.6) is 5.75 Å². The number of aryl methyl sites for hydroxylation is 1. The molecule has 1 fully saturated rings. The first kappa shape index (κ1) is 34.2. The van der Waals surface area contributed by atoms with Gasteiger partial charge in [-0.3, -0.25) is 0 Å². The van der Waals surface area contributed by atoms with Gasteiger partial charge in [0.15, 0.2) is 5.82 Å². The van der Waals surface area contributed by atoms with Crippen LogP contribution in [0, 0.1) is 12.8 Å². The fraction of sp³-hybridized carbons (Fsp3) is 0.526. The predicted octanol–water partition coefficient (Wildman–Crippen LogP) is 8.08. The highest BCUT2D eigenvalue weighted by Gasteiger charge is 2.29. The van der Waals surface area contributed by atoms with E-state index in [1.54, 1.807) is 17.8 Å². The summed E-state index contributed by atoms with van der Waals surface area (Å²) < 4.78 is 19.0. The SMILES string of the molecule is CCOC(=O)c1cnn(-c2cccc(C3=C(COc4ccc(C5CCN(C(=O)OC(C)(C)C)CC5)c(CC)c4)C(C)CCC3)n2)c1C. The number of nitrogens with zero attached hydrogens (tertiary/aromatic N) is 4. The van der Waals surface area contributed by atoms with Crippen LogP contribution in [0.2, 0.25) is 0 Å². The molecule has 9 heteroatoms. The maximum absolute atomic E-state index is 12.6. The number of benzene rings is 1. The number of ether oxygens (including phenoxy) is 3. The molecule has 1 aromatic carbocycles. The average Bonchev–Trinajstić information content (AvgIpc) is 3.44. The van der Waals surface area contributed by atoms with E-state index in [1.165, 1.54) is 22.3 Å². The van der Waals surface area contributed by atoms with Crippen LogP contribution in [-0.2, 0) is 15.9 Å². The van der Waals surface area contributed by atoms with E-state index >= 15 is 0 Å². The zero-order chi connectivity index (χ0) is 33.7. The lowest BCUT2D eigenvalue weighted by Gasteiger charge is -2.34. The predicted molar refractivity (Wildman–Crippen MR) is 183 cm³/mol. The van der Waals surface area contributed by atoms with Gasteiger partial charge in [-0.05, 0) is 132 Å². The summed E-state index contributed by atoms with van der Waals surface area (Å²) >= 11 is 0. The van der Waals surface area contributed by atoms with E-state index in [0.29, 0.717) is 55.2 Å². The van der Waals surface area contributed by atoms with Gasteiger partial charge < -0.3 is 19.1 Å². The second kappa shape index (κ2) is 14.7. The summed E-state index contributed by atoms with van der Waals surface area (Å²) in [5, 5.41) is 4.46. The van der Waals surface area contributed by atoms with Crippen LogP contribution in [0.15, 0.2) is 48.2 Å². The quantitative estimate of drug-likeness (QED) is 0.218. The molecule has 0 spiro atoms. The normalized spacial score (nSPS) is 17.5. The number of hydrogen-bond donors (Lipinski definition) is 0. The largest absolute Gasteiger partial charge is 0.489 e. The number of rotatable bonds is 9. The second-order valence-corrected chi connectivity index (χ2v) is 13.7. The molecule has 0 radical (unpaired) electrons. The van der Waals surface area contributed by atoms with Gasteiger partial charge in [0, 0.05) is 13.1 Å². The van der Waals surface area contributed by atoms with Crippen molar-refractivity contribution >= 4 is 17.6 Å². The highest BCUT2D eigenvalue weighted by atomic mass is 16.6. The van der Waals surface area contributed by atoms with Gasteiger partial charge in [0.05, 0.1) is 24.2 Å². The minimum absolute atomic E-state index is 0.220. The summed E-state index contributed by atoms with van der Waals surface area (Å²) in [7, 11) is 0. The van der Waals surface area contributed by atoms with E-state index < -0.39 is 5.60 Å². The molecule has 2 aliphatic rings. The molecule has 0 saturated carbocycles. The van der Waals surface area contributed by atoms with Crippen molar-refractivity contribution in [2.24, 2.45) is 5.92 Å². The fourth-order valence-electron chi connectivity index (χ4n) is 6.74. The Kier molecular flexibility index (Phi) is 10.7. The monoisotopic (exact) mass is 642 g/mol. The van der Waals surface area contributed by atoms with E-state index in [4.69, 9.17) is 19.2 Å². The lowest BCUT2D eigenvalue weighted by Crippen LogP contribution is -2.41. The van der Waals surface area contributed by atoms with Gasteiger partial charge in [0.2, 0.25) is 0 Å². The Morgan fingerprint density at radius 1 is 1.04 bits per heavy atom. The molecule has 1 atom stereocenters. The number of pyridine rings is 1. The third-order valence-corrected chi connectivity index (χ3v) is 9.29. The van der Waals surface area contributed by atoms with Gasteiger partial charge in [-0.2, -0.15) is 5.10 Å². The van der Waals surface area contributed by atoms with Crippen LogP contribution >= 0.6 is 0 Å². The third kappa shape index (κ3) is 8.06. The van der Waals surface area contributed by atoms with Crippen LogP contribution in [-0.4, -0.2) is 63.6 Å². The topological polar surface area (TPSA) is 95.8 Å². The average molecular weight is 643 g/mol. The number of likely N-dealkylation sites (tertiary alicyclic amines) is 1. The molecule has 0 N–H and O–H groups in total. The molecule has 1 saturated heterocycles. The van der Waals surface area contributed by atoms with Crippen molar-refractivity contribution in [1.82, 2.24) is 19.7 Å². The number of carbonyl (C=O) groups excluding carboxylic acids is 2. The minimum atomic E-state index is -0.484. The van der Waals surface area contributed by atoms with Crippen LogP contribution < -0.4 is 4.74 Å².